The number of hydrogen-bond donors (Lipinski definition) is 2. The minimum Gasteiger partial charge on any atom is -0.271 e. The summed E-state index contributed by atoms with van der Waals surface area (Å²) in [4.78, 5) is 3.95. The van der Waals surface area contributed by atoms with Crippen LogP contribution in [-0.2, 0) is 6.18 Å². The molecule has 0 fully saturated rings. The summed E-state index contributed by atoms with van der Waals surface area (Å²) in [6, 6.07) is 6.35. The Morgan fingerprint density at radius 2 is 1.85 bits per heavy atom. The number of aryl methyl sites for hydroxylation is 1. The van der Waals surface area contributed by atoms with Gasteiger partial charge in [0.2, 0.25) is 0 Å². The number of hydrazine groups is 1. The standard InChI is InChI=1S/C14H14F3N3/c1-9-6-7-19-8-11(9)13(20-18)10-4-2-3-5-12(10)14(15,16)17/h2-8,13,20H,18H2,1H3. The number of benzene rings is 1. The van der Waals surface area contributed by atoms with Crippen molar-refractivity contribution in [3.8, 4) is 0 Å². The van der Waals surface area contributed by atoms with Gasteiger partial charge in [0.1, 0.15) is 0 Å². The van der Waals surface area contributed by atoms with Gasteiger partial charge in [-0.15, -0.1) is 0 Å². The Hall–Kier alpha value is -1.92. The number of nitrogens with one attached hydrogen (secondary N) is 1. The van der Waals surface area contributed by atoms with E-state index in [0.29, 0.717) is 5.56 Å². The summed E-state index contributed by atoms with van der Waals surface area (Å²) < 4.78 is 39.2. The van der Waals surface area contributed by atoms with E-state index in [2.05, 4.69) is 10.4 Å². The van der Waals surface area contributed by atoms with Crippen LogP contribution in [-0.4, -0.2) is 4.98 Å². The van der Waals surface area contributed by atoms with E-state index >= 15 is 0 Å². The topological polar surface area (TPSA) is 50.9 Å². The molecule has 1 aromatic heterocycles. The lowest BCUT2D eigenvalue weighted by Gasteiger charge is -2.22. The van der Waals surface area contributed by atoms with E-state index in [0.717, 1.165) is 11.6 Å². The fraction of sp³-hybridized carbons (Fsp3) is 0.214. The second-order valence-corrected chi connectivity index (χ2v) is 4.42. The molecule has 0 amide bonds. The third-order valence-corrected chi connectivity index (χ3v) is 3.13. The highest BCUT2D eigenvalue weighted by atomic mass is 19.4. The van der Waals surface area contributed by atoms with Crippen molar-refractivity contribution in [2.75, 3.05) is 0 Å². The number of nitrogens with two attached hydrogens (primary N) is 1. The van der Waals surface area contributed by atoms with Crippen molar-refractivity contribution in [2.24, 2.45) is 5.84 Å². The maximum absolute atomic E-state index is 13.1. The molecule has 3 N–H and O–H groups in total. The zero-order valence-electron chi connectivity index (χ0n) is 10.8. The average molecular weight is 281 g/mol. The minimum atomic E-state index is -4.43. The van der Waals surface area contributed by atoms with Crippen molar-refractivity contribution in [1.29, 1.82) is 0 Å². The molecule has 6 heteroatoms. The van der Waals surface area contributed by atoms with Gasteiger partial charge >= 0.3 is 6.18 Å². The van der Waals surface area contributed by atoms with Gasteiger partial charge < -0.3 is 0 Å². The highest BCUT2D eigenvalue weighted by molar-refractivity contribution is 5.40. The third-order valence-electron chi connectivity index (χ3n) is 3.13. The Labute approximate surface area is 114 Å². The lowest BCUT2D eigenvalue weighted by molar-refractivity contribution is -0.138. The molecule has 0 aliphatic carbocycles. The maximum Gasteiger partial charge on any atom is 0.416 e. The van der Waals surface area contributed by atoms with Gasteiger partial charge in [-0.25, -0.2) is 5.43 Å². The highest BCUT2D eigenvalue weighted by Crippen LogP contribution is 2.36. The van der Waals surface area contributed by atoms with Gasteiger partial charge in [0.25, 0.3) is 0 Å². The van der Waals surface area contributed by atoms with Gasteiger partial charge in [0.05, 0.1) is 11.6 Å². The van der Waals surface area contributed by atoms with Crippen LogP contribution in [0, 0.1) is 6.92 Å². The van der Waals surface area contributed by atoms with Crippen molar-refractivity contribution in [2.45, 2.75) is 19.1 Å². The quantitative estimate of drug-likeness (QED) is 0.671. The van der Waals surface area contributed by atoms with Gasteiger partial charge in [-0.1, -0.05) is 18.2 Å². The molecule has 106 valence electrons. The predicted molar refractivity (Wildman–Crippen MR) is 69.6 cm³/mol. The number of nitrogens with zero attached hydrogens (tertiary/aromatic N) is 1. The SMILES string of the molecule is Cc1ccncc1C(NN)c1ccccc1C(F)(F)F. The molecule has 1 unspecified atom stereocenters. The summed E-state index contributed by atoms with van der Waals surface area (Å²) in [6.45, 7) is 1.80. The van der Waals surface area contributed by atoms with E-state index in [1.807, 2.05) is 0 Å². The van der Waals surface area contributed by atoms with Gasteiger partial charge in [0.15, 0.2) is 0 Å². The third kappa shape index (κ3) is 2.81. The Bertz CT molecular complexity index is 596. The summed E-state index contributed by atoms with van der Waals surface area (Å²) in [6.07, 6.45) is -1.32. The zero-order valence-corrected chi connectivity index (χ0v) is 10.8. The van der Waals surface area contributed by atoms with Crippen LogP contribution in [0.3, 0.4) is 0 Å². The Morgan fingerprint density at radius 3 is 2.45 bits per heavy atom. The number of alkyl halides is 3. The largest absolute Gasteiger partial charge is 0.416 e. The van der Waals surface area contributed by atoms with E-state index in [9.17, 15) is 13.2 Å². The van der Waals surface area contributed by atoms with Gasteiger partial charge in [-0.2, -0.15) is 13.2 Å². The Morgan fingerprint density at radius 1 is 1.15 bits per heavy atom. The normalized spacial score (nSPS) is 13.2. The summed E-state index contributed by atoms with van der Waals surface area (Å²) >= 11 is 0. The highest BCUT2D eigenvalue weighted by Gasteiger charge is 2.35. The smallest absolute Gasteiger partial charge is 0.271 e. The number of halogens is 3. The van der Waals surface area contributed by atoms with Crippen LogP contribution in [0.25, 0.3) is 0 Å². The molecule has 1 aromatic carbocycles. The molecular weight excluding hydrogens is 267 g/mol. The van der Waals surface area contributed by atoms with Crippen molar-refractivity contribution in [1.82, 2.24) is 10.4 Å². The van der Waals surface area contributed by atoms with Crippen LogP contribution in [0.15, 0.2) is 42.7 Å². The van der Waals surface area contributed by atoms with E-state index in [4.69, 9.17) is 5.84 Å². The summed E-state index contributed by atoms with van der Waals surface area (Å²) in [5.41, 5.74) is 3.26. The molecule has 2 rings (SSSR count). The molecule has 0 spiro atoms. The molecule has 0 saturated heterocycles. The first-order valence-corrected chi connectivity index (χ1v) is 5.98. The van der Waals surface area contributed by atoms with Crippen LogP contribution in [0.1, 0.15) is 28.3 Å². The molecule has 2 aromatic rings. The zero-order chi connectivity index (χ0) is 14.8. The monoisotopic (exact) mass is 281 g/mol. The molecule has 0 aliphatic heterocycles. The summed E-state index contributed by atoms with van der Waals surface area (Å²) in [5, 5.41) is 0. The average Bonchev–Trinajstić information content (AvgIpc) is 2.41. The number of hydrogen-bond acceptors (Lipinski definition) is 3. The van der Waals surface area contributed by atoms with E-state index in [1.54, 1.807) is 25.3 Å². The fourth-order valence-corrected chi connectivity index (χ4v) is 2.13. The maximum atomic E-state index is 13.1. The fourth-order valence-electron chi connectivity index (χ4n) is 2.13. The first-order chi connectivity index (χ1) is 9.45. The number of pyridine rings is 1. The number of aromatic nitrogens is 1. The van der Waals surface area contributed by atoms with Crippen molar-refractivity contribution in [3.05, 3.63) is 65.0 Å². The van der Waals surface area contributed by atoms with Crippen LogP contribution in [0.5, 0.6) is 0 Å². The summed E-state index contributed by atoms with van der Waals surface area (Å²) in [7, 11) is 0. The molecule has 0 radical (unpaired) electrons. The van der Waals surface area contributed by atoms with E-state index in [-0.39, 0.29) is 5.56 Å². The summed E-state index contributed by atoms with van der Waals surface area (Å²) in [5.74, 6) is 5.47. The van der Waals surface area contributed by atoms with Crippen molar-refractivity contribution in [3.63, 3.8) is 0 Å². The van der Waals surface area contributed by atoms with Crippen molar-refractivity contribution >= 4 is 0 Å². The first kappa shape index (κ1) is 14.5. The second kappa shape index (κ2) is 5.60. The molecular formula is C14H14F3N3. The first-order valence-electron chi connectivity index (χ1n) is 5.98. The van der Waals surface area contributed by atoms with Gasteiger partial charge in [-0.05, 0) is 35.7 Å². The molecule has 3 nitrogen and oxygen atoms in total. The second-order valence-electron chi connectivity index (χ2n) is 4.42. The van der Waals surface area contributed by atoms with Crippen molar-refractivity contribution < 1.29 is 13.2 Å². The molecule has 0 saturated carbocycles. The predicted octanol–water partition coefficient (Wildman–Crippen LogP) is 2.96. The molecule has 20 heavy (non-hydrogen) atoms. The van der Waals surface area contributed by atoms with Crippen LogP contribution >= 0.6 is 0 Å². The lowest BCUT2D eigenvalue weighted by Crippen LogP contribution is -2.31. The van der Waals surface area contributed by atoms with Crippen LogP contribution < -0.4 is 11.3 Å². The molecule has 0 bridgehead atoms. The lowest BCUT2D eigenvalue weighted by atomic mass is 9.93. The Balaban J connectivity index is 2.57. The van der Waals surface area contributed by atoms with E-state index in [1.165, 1.54) is 18.3 Å². The van der Waals surface area contributed by atoms with Gasteiger partial charge in [-0.3, -0.25) is 10.8 Å². The minimum absolute atomic E-state index is 0.0820. The van der Waals surface area contributed by atoms with Gasteiger partial charge in [0, 0.05) is 12.4 Å². The molecule has 0 aliphatic rings. The number of rotatable bonds is 3. The van der Waals surface area contributed by atoms with Crippen LogP contribution in [0.4, 0.5) is 13.2 Å². The molecule has 1 atom stereocenters. The van der Waals surface area contributed by atoms with E-state index < -0.39 is 17.8 Å². The molecule has 1 heterocycles. The Kier molecular flexibility index (Phi) is 4.06. The van der Waals surface area contributed by atoms with Crippen LogP contribution in [0.2, 0.25) is 0 Å².